The van der Waals surface area contributed by atoms with Gasteiger partial charge in [-0.1, -0.05) is 96.8 Å². The number of carboxylic acid groups (broad SMARTS) is 1. The van der Waals surface area contributed by atoms with E-state index in [1.54, 1.807) is 0 Å². The number of aliphatic hydroxyl groups excluding tert-OH is 2. The van der Waals surface area contributed by atoms with Crippen molar-refractivity contribution in [3.8, 4) is 0 Å². The first-order chi connectivity index (χ1) is 17.7. The Balaban J connectivity index is 0. The summed E-state index contributed by atoms with van der Waals surface area (Å²) in [6.45, 7) is 6.06. The lowest BCUT2D eigenvalue weighted by Gasteiger charge is -2.06. The molecule has 0 aliphatic rings. The molecule has 0 saturated carbocycles. The second-order valence-corrected chi connectivity index (χ2v) is 8.99. The van der Waals surface area contributed by atoms with Gasteiger partial charge in [-0.05, 0) is 6.42 Å². The molecule has 0 saturated heterocycles. The van der Waals surface area contributed by atoms with Crippen molar-refractivity contribution in [1.82, 2.24) is 0 Å². The van der Waals surface area contributed by atoms with E-state index in [9.17, 15) is 4.79 Å². The van der Waals surface area contributed by atoms with Crippen LogP contribution in [0.15, 0.2) is 0 Å². The molecule has 0 atom stereocenters. The fourth-order valence-corrected chi connectivity index (χ4v) is 3.54. The van der Waals surface area contributed by atoms with Gasteiger partial charge in [-0.2, -0.15) is 0 Å². The first kappa shape index (κ1) is 37.4. The Morgan fingerprint density at radius 2 is 0.750 bits per heavy atom. The highest BCUT2D eigenvalue weighted by Crippen LogP contribution is 2.13. The molecule has 8 heteroatoms. The van der Waals surface area contributed by atoms with Crippen LogP contribution < -0.4 is 0 Å². The van der Waals surface area contributed by atoms with Gasteiger partial charge < -0.3 is 34.3 Å². The SMILES string of the molecule is CCCCCCCCCCCCCCCCCC(=O)O.OCCOCCOCCOCCOCCO. The average molecular weight is 523 g/mol. The maximum absolute atomic E-state index is 10.3. The smallest absolute Gasteiger partial charge is 0.303 e. The molecule has 0 aromatic heterocycles. The second-order valence-electron chi connectivity index (χ2n) is 8.99. The molecule has 0 fully saturated rings. The van der Waals surface area contributed by atoms with Crippen LogP contribution in [0.1, 0.15) is 110 Å². The quantitative estimate of drug-likeness (QED) is 0.112. The summed E-state index contributed by atoms with van der Waals surface area (Å²) in [5.41, 5.74) is 0. The lowest BCUT2D eigenvalue weighted by molar-refractivity contribution is -0.137. The monoisotopic (exact) mass is 522 g/mol. The van der Waals surface area contributed by atoms with Crippen molar-refractivity contribution in [3.63, 3.8) is 0 Å². The Morgan fingerprint density at radius 3 is 1.03 bits per heavy atom. The van der Waals surface area contributed by atoms with E-state index in [0.29, 0.717) is 59.3 Å². The minimum atomic E-state index is -0.653. The van der Waals surface area contributed by atoms with Crippen molar-refractivity contribution < 1.29 is 39.1 Å². The lowest BCUT2D eigenvalue weighted by Crippen LogP contribution is -2.13. The van der Waals surface area contributed by atoms with Crippen LogP contribution in [-0.2, 0) is 23.7 Å². The fraction of sp³-hybridized carbons (Fsp3) is 0.964. The molecule has 0 spiro atoms. The summed E-state index contributed by atoms with van der Waals surface area (Å²) in [6.07, 6.45) is 20.2. The van der Waals surface area contributed by atoms with Gasteiger partial charge in [-0.15, -0.1) is 0 Å². The summed E-state index contributed by atoms with van der Waals surface area (Å²) in [7, 11) is 0. The van der Waals surface area contributed by atoms with Crippen LogP contribution >= 0.6 is 0 Å². The van der Waals surface area contributed by atoms with Crippen LogP contribution in [0.25, 0.3) is 0 Å². The molecule has 0 unspecified atom stereocenters. The molecule has 3 N–H and O–H groups in total. The van der Waals surface area contributed by atoms with Crippen LogP contribution in [0.4, 0.5) is 0 Å². The molecule has 0 heterocycles. The van der Waals surface area contributed by atoms with Crippen molar-refractivity contribution >= 4 is 5.97 Å². The Kier molecular flexibility index (Phi) is 37.8. The summed E-state index contributed by atoms with van der Waals surface area (Å²) in [4.78, 5) is 10.3. The molecule has 0 amide bonds. The zero-order chi connectivity index (χ0) is 26.8. The molecular formula is C28H58O8. The third-order valence-electron chi connectivity index (χ3n) is 5.58. The first-order valence-electron chi connectivity index (χ1n) is 14.4. The van der Waals surface area contributed by atoms with Gasteiger partial charge in [0.05, 0.1) is 66.1 Å². The molecule has 36 heavy (non-hydrogen) atoms. The molecule has 218 valence electrons. The zero-order valence-electron chi connectivity index (χ0n) is 23.3. The molecular weight excluding hydrogens is 464 g/mol. The molecule has 0 bridgehead atoms. The normalized spacial score (nSPS) is 10.9. The fourth-order valence-electron chi connectivity index (χ4n) is 3.54. The summed E-state index contributed by atoms with van der Waals surface area (Å²) in [6, 6.07) is 0. The van der Waals surface area contributed by atoms with Crippen LogP contribution in [0.3, 0.4) is 0 Å². The van der Waals surface area contributed by atoms with Gasteiger partial charge in [-0.3, -0.25) is 4.79 Å². The number of ether oxygens (including phenoxy) is 4. The number of unbranched alkanes of at least 4 members (excludes halogenated alkanes) is 14. The first-order valence-corrected chi connectivity index (χ1v) is 14.4. The second kappa shape index (κ2) is 36.4. The predicted octanol–water partition coefficient (Wildman–Crippen LogP) is 5.37. The molecule has 0 aromatic carbocycles. The molecule has 0 aliphatic heterocycles. The van der Waals surface area contributed by atoms with E-state index in [2.05, 4.69) is 6.92 Å². The molecule has 0 aliphatic carbocycles. The third kappa shape index (κ3) is 40.4. The van der Waals surface area contributed by atoms with Gasteiger partial charge in [0.1, 0.15) is 0 Å². The largest absolute Gasteiger partial charge is 0.481 e. The number of carbonyl (C=O) groups is 1. The molecule has 0 rings (SSSR count). The number of aliphatic hydroxyl groups is 2. The number of aliphatic carboxylic acids is 1. The van der Waals surface area contributed by atoms with Crippen LogP contribution in [0.5, 0.6) is 0 Å². The van der Waals surface area contributed by atoms with E-state index in [4.69, 9.17) is 34.3 Å². The summed E-state index contributed by atoms with van der Waals surface area (Å²) in [5, 5.41) is 25.3. The number of rotatable bonds is 29. The van der Waals surface area contributed by atoms with Gasteiger partial charge >= 0.3 is 5.97 Å². The van der Waals surface area contributed by atoms with Crippen molar-refractivity contribution in [3.05, 3.63) is 0 Å². The Bertz CT molecular complexity index is 382. The van der Waals surface area contributed by atoms with E-state index >= 15 is 0 Å². The highest BCUT2D eigenvalue weighted by molar-refractivity contribution is 5.66. The summed E-state index contributed by atoms with van der Waals surface area (Å²) in [5.74, 6) is -0.653. The van der Waals surface area contributed by atoms with Gasteiger partial charge in [0, 0.05) is 6.42 Å². The van der Waals surface area contributed by atoms with Gasteiger partial charge in [0.25, 0.3) is 0 Å². The standard InChI is InChI=1S/C18H36O2.C10H22O6/c1-2-3-4-5-6-7-8-9-10-11-12-13-14-15-16-17-18(19)20;11-1-3-13-5-7-15-9-10-16-8-6-14-4-2-12/h2-17H2,1H3,(H,19,20);11-12H,1-10H2. The van der Waals surface area contributed by atoms with E-state index in [1.165, 1.54) is 83.5 Å². The minimum absolute atomic E-state index is 0.0386. The van der Waals surface area contributed by atoms with Crippen molar-refractivity contribution in [2.75, 3.05) is 66.1 Å². The maximum Gasteiger partial charge on any atom is 0.303 e. The van der Waals surface area contributed by atoms with E-state index < -0.39 is 5.97 Å². The zero-order valence-corrected chi connectivity index (χ0v) is 23.3. The van der Waals surface area contributed by atoms with Gasteiger partial charge in [0.15, 0.2) is 0 Å². The van der Waals surface area contributed by atoms with Crippen molar-refractivity contribution in [1.29, 1.82) is 0 Å². The van der Waals surface area contributed by atoms with Crippen LogP contribution in [-0.4, -0.2) is 87.4 Å². The highest BCUT2D eigenvalue weighted by atomic mass is 16.6. The predicted molar refractivity (Wildman–Crippen MR) is 145 cm³/mol. The van der Waals surface area contributed by atoms with Crippen LogP contribution in [0, 0.1) is 0 Å². The van der Waals surface area contributed by atoms with Gasteiger partial charge in [-0.25, -0.2) is 0 Å². The Labute approximate surface area is 221 Å². The molecule has 0 aromatic rings. The maximum atomic E-state index is 10.3. The van der Waals surface area contributed by atoms with Gasteiger partial charge in [0.2, 0.25) is 0 Å². The minimum Gasteiger partial charge on any atom is -0.481 e. The number of hydrogen-bond acceptors (Lipinski definition) is 7. The number of carboxylic acids is 1. The van der Waals surface area contributed by atoms with E-state index in [1.807, 2.05) is 0 Å². The van der Waals surface area contributed by atoms with E-state index in [0.717, 1.165) is 12.8 Å². The average Bonchev–Trinajstić information content (AvgIpc) is 2.87. The van der Waals surface area contributed by atoms with E-state index in [-0.39, 0.29) is 13.2 Å². The van der Waals surface area contributed by atoms with Crippen molar-refractivity contribution in [2.45, 2.75) is 110 Å². The third-order valence-corrected chi connectivity index (χ3v) is 5.58. The molecule has 8 nitrogen and oxygen atoms in total. The van der Waals surface area contributed by atoms with Crippen molar-refractivity contribution in [2.24, 2.45) is 0 Å². The Morgan fingerprint density at radius 1 is 0.472 bits per heavy atom. The lowest BCUT2D eigenvalue weighted by atomic mass is 10.0. The molecule has 0 radical (unpaired) electrons. The topological polar surface area (TPSA) is 115 Å². The number of hydrogen-bond donors (Lipinski definition) is 3. The van der Waals surface area contributed by atoms with Crippen LogP contribution in [0.2, 0.25) is 0 Å². The summed E-state index contributed by atoms with van der Waals surface area (Å²) >= 11 is 0. The highest BCUT2D eigenvalue weighted by Gasteiger charge is 1.97. The summed E-state index contributed by atoms with van der Waals surface area (Å²) < 4.78 is 20.4. The Hall–Kier alpha value is -0.770.